The largest absolute Gasteiger partial charge is 0.497 e. The van der Waals surface area contributed by atoms with Crippen LogP contribution in [-0.2, 0) is 16.1 Å². The molecule has 2 N–H and O–H groups in total. The molecule has 32 heavy (non-hydrogen) atoms. The van der Waals surface area contributed by atoms with E-state index in [2.05, 4.69) is 24.5 Å². The normalized spacial score (nSPS) is 19.4. The zero-order chi connectivity index (χ0) is 22.9. The SMILES string of the molecule is COc1cccc(CNC(=O)CN2c3ccccc3NC3=C(C(=O)CC(C)(C)C3)C2C)c1. The maximum Gasteiger partial charge on any atom is 0.239 e. The number of amides is 1. The topological polar surface area (TPSA) is 70.7 Å². The van der Waals surface area contributed by atoms with Crippen molar-refractivity contribution < 1.29 is 14.3 Å². The van der Waals surface area contributed by atoms with Crippen LogP contribution in [0.2, 0.25) is 0 Å². The van der Waals surface area contributed by atoms with Gasteiger partial charge in [-0.3, -0.25) is 9.59 Å². The number of ether oxygens (including phenoxy) is 1. The van der Waals surface area contributed by atoms with Gasteiger partial charge >= 0.3 is 0 Å². The first-order valence-electron chi connectivity index (χ1n) is 11.1. The lowest BCUT2D eigenvalue weighted by atomic mass is 9.74. The average Bonchev–Trinajstić information content (AvgIpc) is 2.86. The molecule has 6 heteroatoms. The molecule has 0 fully saturated rings. The number of methoxy groups -OCH3 is 1. The van der Waals surface area contributed by atoms with E-state index in [1.165, 1.54) is 0 Å². The predicted molar refractivity (Wildman–Crippen MR) is 127 cm³/mol. The van der Waals surface area contributed by atoms with E-state index in [0.29, 0.717) is 13.0 Å². The molecule has 2 aromatic rings. The zero-order valence-corrected chi connectivity index (χ0v) is 19.2. The zero-order valence-electron chi connectivity index (χ0n) is 19.2. The molecule has 1 heterocycles. The molecule has 0 saturated carbocycles. The quantitative estimate of drug-likeness (QED) is 0.737. The molecule has 6 nitrogen and oxygen atoms in total. The van der Waals surface area contributed by atoms with Gasteiger partial charge in [-0.1, -0.05) is 38.1 Å². The number of benzene rings is 2. The Morgan fingerprint density at radius 2 is 1.97 bits per heavy atom. The van der Waals surface area contributed by atoms with Crippen molar-refractivity contribution in [2.24, 2.45) is 5.41 Å². The van der Waals surface area contributed by atoms with Gasteiger partial charge in [0.2, 0.25) is 5.91 Å². The van der Waals surface area contributed by atoms with E-state index in [9.17, 15) is 9.59 Å². The summed E-state index contributed by atoms with van der Waals surface area (Å²) in [6.45, 7) is 6.85. The summed E-state index contributed by atoms with van der Waals surface area (Å²) in [5, 5.41) is 6.53. The number of allylic oxidation sites excluding steroid dienone is 1. The fourth-order valence-electron chi connectivity index (χ4n) is 4.70. The Hall–Kier alpha value is -3.28. The van der Waals surface area contributed by atoms with Crippen molar-refractivity contribution in [1.82, 2.24) is 5.32 Å². The molecule has 0 aromatic heterocycles. The van der Waals surface area contributed by atoms with E-state index >= 15 is 0 Å². The summed E-state index contributed by atoms with van der Waals surface area (Å²) >= 11 is 0. The Labute approximate surface area is 189 Å². The maximum atomic E-state index is 13.1. The standard InChI is InChI=1S/C26H31N3O3/c1-17-25-21(13-26(2,3)14-23(25)30)28-20-10-5-6-11-22(20)29(17)16-24(31)27-15-18-8-7-9-19(12-18)32-4/h5-12,17,28H,13-16H2,1-4H3,(H,27,31). The number of anilines is 2. The summed E-state index contributed by atoms with van der Waals surface area (Å²) in [6.07, 6.45) is 1.33. The molecule has 168 valence electrons. The lowest BCUT2D eigenvalue weighted by Crippen LogP contribution is -2.44. The fourth-order valence-corrected chi connectivity index (χ4v) is 4.70. The smallest absolute Gasteiger partial charge is 0.239 e. The molecular weight excluding hydrogens is 402 g/mol. The number of nitrogens with zero attached hydrogens (tertiary/aromatic N) is 1. The fraction of sp³-hybridized carbons (Fsp3) is 0.385. The number of hydrogen-bond acceptors (Lipinski definition) is 5. The Kier molecular flexibility index (Phi) is 5.96. The minimum absolute atomic E-state index is 0.0825. The van der Waals surface area contributed by atoms with Crippen LogP contribution in [0.1, 0.15) is 39.2 Å². The summed E-state index contributed by atoms with van der Waals surface area (Å²) in [5.74, 6) is 0.823. The van der Waals surface area contributed by atoms with Gasteiger partial charge in [0.05, 0.1) is 31.1 Å². The lowest BCUT2D eigenvalue weighted by molar-refractivity contribution is -0.120. The van der Waals surface area contributed by atoms with Crippen molar-refractivity contribution in [2.45, 2.75) is 46.2 Å². The number of Topliss-reactive ketones (excluding diaryl/α,β-unsaturated/α-hetero) is 1. The molecule has 1 unspecified atom stereocenters. The van der Waals surface area contributed by atoms with Gasteiger partial charge in [0.15, 0.2) is 5.78 Å². The van der Waals surface area contributed by atoms with Crippen molar-refractivity contribution in [3.8, 4) is 5.75 Å². The van der Waals surface area contributed by atoms with Crippen molar-refractivity contribution in [3.63, 3.8) is 0 Å². The molecule has 0 radical (unpaired) electrons. The van der Waals surface area contributed by atoms with E-state index < -0.39 is 0 Å². The van der Waals surface area contributed by atoms with Gasteiger partial charge in [0.25, 0.3) is 0 Å². The highest BCUT2D eigenvalue weighted by Crippen LogP contribution is 2.43. The second kappa shape index (κ2) is 8.69. The number of para-hydroxylation sites is 2. The number of carbonyl (C=O) groups excluding carboxylic acids is 2. The molecule has 0 saturated heterocycles. The van der Waals surface area contributed by atoms with Crippen LogP contribution < -0.4 is 20.3 Å². The molecule has 1 aliphatic heterocycles. The van der Waals surface area contributed by atoms with Crippen molar-refractivity contribution in [3.05, 3.63) is 65.4 Å². The number of ketones is 1. The summed E-state index contributed by atoms with van der Waals surface area (Å²) in [6, 6.07) is 15.4. The Morgan fingerprint density at radius 3 is 2.75 bits per heavy atom. The number of rotatable bonds is 5. The van der Waals surface area contributed by atoms with Gasteiger partial charge in [0.1, 0.15) is 5.75 Å². The van der Waals surface area contributed by atoms with E-state index in [4.69, 9.17) is 4.74 Å². The van der Waals surface area contributed by atoms with E-state index in [1.54, 1.807) is 7.11 Å². The van der Waals surface area contributed by atoms with Crippen molar-refractivity contribution in [2.75, 3.05) is 23.9 Å². The van der Waals surface area contributed by atoms with Gasteiger partial charge in [-0.05, 0) is 48.6 Å². The number of carbonyl (C=O) groups is 2. The average molecular weight is 434 g/mol. The summed E-state index contributed by atoms with van der Waals surface area (Å²) in [7, 11) is 1.63. The van der Waals surface area contributed by atoms with Crippen LogP contribution >= 0.6 is 0 Å². The van der Waals surface area contributed by atoms with Crippen molar-refractivity contribution >= 4 is 23.1 Å². The summed E-state index contributed by atoms with van der Waals surface area (Å²) in [5.41, 5.74) is 4.51. The van der Waals surface area contributed by atoms with Gasteiger partial charge in [0, 0.05) is 24.2 Å². The molecule has 2 aromatic carbocycles. The molecule has 0 spiro atoms. The predicted octanol–water partition coefficient (Wildman–Crippen LogP) is 4.28. The second-order valence-electron chi connectivity index (χ2n) is 9.41. The van der Waals surface area contributed by atoms with Crippen LogP contribution in [-0.4, -0.2) is 31.4 Å². The second-order valence-corrected chi connectivity index (χ2v) is 9.41. The minimum Gasteiger partial charge on any atom is -0.497 e. The Bertz CT molecular complexity index is 1070. The monoisotopic (exact) mass is 433 g/mol. The van der Waals surface area contributed by atoms with Crippen LogP contribution in [0.5, 0.6) is 5.75 Å². The highest BCUT2D eigenvalue weighted by molar-refractivity contribution is 6.01. The van der Waals surface area contributed by atoms with E-state index in [-0.39, 0.29) is 29.7 Å². The molecular formula is C26H31N3O3. The number of hydrogen-bond donors (Lipinski definition) is 2. The molecule has 2 aliphatic rings. The first-order valence-corrected chi connectivity index (χ1v) is 11.1. The van der Waals surface area contributed by atoms with Crippen LogP contribution in [0.25, 0.3) is 0 Å². The molecule has 1 atom stereocenters. The number of nitrogens with one attached hydrogen (secondary N) is 2. The summed E-state index contributed by atoms with van der Waals surface area (Å²) in [4.78, 5) is 28.1. The molecule has 4 rings (SSSR count). The van der Waals surface area contributed by atoms with Gasteiger partial charge in [-0.25, -0.2) is 0 Å². The third-order valence-electron chi connectivity index (χ3n) is 6.24. The molecule has 1 aliphatic carbocycles. The van der Waals surface area contributed by atoms with Crippen molar-refractivity contribution in [1.29, 1.82) is 0 Å². The summed E-state index contributed by atoms with van der Waals surface area (Å²) < 4.78 is 5.26. The molecule has 0 bridgehead atoms. The van der Waals surface area contributed by atoms with Gasteiger partial charge < -0.3 is 20.3 Å². The first-order chi connectivity index (χ1) is 15.3. The Morgan fingerprint density at radius 1 is 1.19 bits per heavy atom. The number of fused-ring (bicyclic) bond motifs is 1. The van der Waals surface area contributed by atoms with Crippen LogP contribution in [0.15, 0.2) is 59.8 Å². The van der Waals surface area contributed by atoms with Gasteiger partial charge in [-0.15, -0.1) is 0 Å². The highest BCUT2D eigenvalue weighted by atomic mass is 16.5. The first kappa shape index (κ1) is 21.9. The highest BCUT2D eigenvalue weighted by Gasteiger charge is 2.39. The van der Waals surface area contributed by atoms with Crippen LogP contribution in [0.4, 0.5) is 11.4 Å². The molecule has 1 amide bonds. The van der Waals surface area contributed by atoms with Gasteiger partial charge in [-0.2, -0.15) is 0 Å². The van der Waals surface area contributed by atoms with Crippen LogP contribution in [0.3, 0.4) is 0 Å². The maximum absolute atomic E-state index is 13.1. The van der Waals surface area contributed by atoms with Crippen LogP contribution in [0, 0.1) is 5.41 Å². The third-order valence-corrected chi connectivity index (χ3v) is 6.24. The lowest BCUT2D eigenvalue weighted by Gasteiger charge is -2.36. The van der Waals surface area contributed by atoms with E-state index in [1.807, 2.05) is 60.4 Å². The Balaban J connectivity index is 1.57. The van der Waals surface area contributed by atoms with E-state index in [0.717, 1.165) is 40.4 Å². The minimum atomic E-state index is -0.202. The third kappa shape index (κ3) is 4.49.